The quantitative estimate of drug-likeness (QED) is 0.792. The lowest BCUT2D eigenvalue weighted by atomic mass is 10.1. The van der Waals surface area contributed by atoms with Crippen molar-refractivity contribution in [1.29, 1.82) is 0 Å². The molecule has 0 bridgehead atoms. The topological polar surface area (TPSA) is 12.0 Å². The molecular formula is C16H17F2NS. The molecule has 0 heterocycles. The Labute approximate surface area is 122 Å². The van der Waals surface area contributed by atoms with Gasteiger partial charge in [-0.05, 0) is 30.8 Å². The third-order valence-corrected chi connectivity index (χ3v) is 4.03. The molecule has 20 heavy (non-hydrogen) atoms. The second kappa shape index (κ2) is 7.41. The second-order valence-corrected chi connectivity index (χ2v) is 5.49. The van der Waals surface area contributed by atoms with Crippen LogP contribution in [0.4, 0.5) is 8.78 Å². The van der Waals surface area contributed by atoms with Gasteiger partial charge in [0.15, 0.2) is 0 Å². The molecule has 1 unspecified atom stereocenters. The molecule has 2 aromatic rings. The van der Waals surface area contributed by atoms with Gasteiger partial charge in [0.25, 0.3) is 0 Å². The third kappa shape index (κ3) is 4.05. The van der Waals surface area contributed by atoms with Crippen molar-refractivity contribution in [2.24, 2.45) is 0 Å². The van der Waals surface area contributed by atoms with Gasteiger partial charge in [-0.25, -0.2) is 8.78 Å². The van der Waals surface area contributed by atoms with Crippen molar-refractivity contribution in [3.05, 3.63) is 65.7 Å². The van der Waals surface area contributed by atoms with Crippen molar-refractivity contribution in [3.63, 3.8) is 0 Å². The molecular weight excluding hydrogens is 276 g/mol. The smallest absolute Gasteiger partial charge is 0.128 e. The first-order chi connectivity index (χ1) is 9.70. The molecule has 0 amide bonds. The zero-order chi connectivity index (χ0) is 14.4. The van der Waals surface area contributed by atoms with Crippen LogP contribution < -0.4 is 5.32 Å². The first kappa shape index (κ1) is 15.0. The van der Waals surface area contributed by atoms with Gasteiger partial charge in [0.1, 0.15) is 11.6 Å². The molecule has 0 aliphatic rings. The van der Waals surface area contributed by atoms with Crippen LogP contribution in [0.2, 0.25) is 0 Å². The van der Waals surface area contributed by atoms with Crippen molar-refractivity contribution in [3.8, 4) is 0 Å². The van der Waals surface area contributed by atoms with Gasteiger partial charge in [0, 0.05) is 22.3 Å². The van der Waals surface area contributed by atoms with E-state index in [0.29, 0.717) is 11.3 Å². The van der Waals surface area contributed by atoms with Gasteiger partial charge in [-0.15, -0.1) is 11.8 Å². The average molecular weight is 293 g/mol. The second-order valence-electron chi connectivity index (χ2n) is 4.40. The monoisotopic (exact) mass is 293 g/mol. The van der Waals surface area contributed by atoms with Crippen LogP contribution in [0, 0.1) is 11.6 Å². The lowest BCUT2D eigenvalue weighted by Gasteiger charge is -2.18. The summed E-state index contributed by atoms with van der Waals surface area (Å²) in [7, 11) is 0. The summed E-state index contributed by atoms with van der Waals surface area (Å²) in [5.74, 6) is 0.192. The maximum absolute atomic E-state index is 13.8. The summed E-state index contributed by atoms with van der Waals surface area (Å²) in [6.45, 7) is 2.74. The maximum Gasteiger partial charge on any atom is 0.128 e. The fraction of sp³-hybridized carbons (Fsp3) is 0.250. The molecule has 0 radical (unpaired) electrons. The van der Waals surface area contributed by atoms with Crippen LogP contribution in [-0.2, 0) is 0 Å². The van der Waals surface area contributed by atoms with Gasteiger partial charge in [-0.3, -0.25) is 0 Å². The maximum atomic E-state index is 13.8. The van der Waals surface area contributed by atoms with Crippen molar-refractivity contribution >= 4 is 11.8 Å². The molecule has 0 spiro atoms. The molecule has 0 aromatic heterocycles. The van der Waals surface area contributed by atoms with E-state index in [1.807, 2.05) is 19.1 Å². The average Bonchev–Trinajstić information content (AvgIpc) is 2.44. The van der Waals surface area contributed by atoms with E-state index in [9.17, 15) is 8.78 Å². The summed E-state index contributed by atoms with van der Waals surface area (Å²) in [6, 6.07) is 13.1. The molecule has 2 aromatic carbocycles. The lowest BCUT2D eigenvalue weighted by molar-refractivity contribution is 0.545. The number of benzene rings is 2. The van der Waals surface area contributed by atoms with Crippen LogP contribution >= 0.6 is 11.8 Å². The van der Waals surface area contributed by atoms with Gasteiger partial charge >= 0.3 is 0 Å². The molecule has 0 aliphatic heterocycles. The Morgan fingerprint density at radius 3 is 2.60 bits per heavy atom. The van der Waals surface area contributed by atoms with Crippen molar-refractivity contribution in [2.75, 3.05) is 12.3 Å². The van der Waals surface area contributed by atoms with Gasteiger partial charge < -0.3 is 5.32 Å². The first-order valence-corrected chi connectivity index (χ1v) is 7.55. The molecule has 1 N–H and O–H groups in total. The Morgan fingerprint density at radius 1 is 1.10 bits per heavy atom. The van der Waals surface area contributed by atoms with Gasteiger partial charge in [-0.2, -0.15) is 0 Å². The Morgan fingerprint density at radius 2 is 1.90 bits per heavy atom. The number of nitrogens with one attached hydrogen (secondary N) is 1. The van der Waals surface area contributed by atoms with E-state index in [-0.39, 0.29) is 17.7 Å². The molecule has 0 saturated carbocycles. The van der Waals surface area contributed by atoms with Crippen LogP contribution in [0.25, 0.3) is 0 Å². The fourth-order valence-corrected chi connectivity index (χ4v) is 3.03. The molecule has 0 aliphatic carbocycles. The Hall–Kier alpha value is -1.39. The van der Waals surface area contributed by atoms with Crippen LogP contribution in [0.15, 0.2) is 53.4 Å². The van der Waals surface area contributed by atoms with E-state index in [1.54, 1.807) is 18.2 Å². The Balaban J connectivity index is 2.08. The summed E-state index contributed by atoms with van der Waals surface area (Å²) >= 11 is 1.52. The van der Waals surface area contributed by atoms with E-state index in [4.69, 9.17) is 0 Å². The minimum absolute atomic E-state index is 0.0885. The summed E-state index contributed by atoms with van der Waals surface area (Å²) in [5, 5.41) is 3.27. The highest BCUT2D eigenvalue weighted by atomic mass is 32.2. The van der Waals surface area contributed by atoms with Crippen molar-refractivity contribution in [2.45, 2.75) is 17.9 Å². The predicted octanol–water partition coefficient (Wildman–Crippen LogP) is 4.41. The Kier molecular flexibility index (Phi) is 5.56. The zero-order valence-corrected chi connectivity index (χ0v) is 12.1. The first-order valence-electron chi connectivity index (χ1n) is 6.57. The summed E-state index contributed by atoms with van der Waals surface area (Å²) < 4.78 is 27.0. The van der Waals surface area contributed by atoms with Crippen LogP contribution in [0.5, 0.6) is 0 Å². The number of rotatable bonds is 6. The molecule has 0 fully saturated rings. The normalized spacial score (nSPS) is 12.3. The minimum atomic E-state index is -0.249. The van der Waals surface area contributed by atoms with E-state index >= 15 is 0 Å². The highest BCUT2D eigenvalue weighted by Crippen LogP contribution is 2.26. The molecule has 4 heteroatoms. The van der Waals surface area contributed by atoms with Gasteiger partial charge in [0.2, 0.25) is 0 Å². The van der Waals surface area contributed by atoms with Crippen LogP contribution in [0.1, 0.15) is 18.5 Å². The molecule has 1 atom stereocenters. The number of halogens is 2. The number of thioether (sulfide) groups is 1. The van der Waals surface area contributed by atoms with E-state index < -0.39 is 0 Å². The van der Waals surface area contributed by atoms with Gasteiger partial charge in [0.05, 0.1) is 0 Å². The molecule has 0 saturated heterocycles. The van der Waals surface area contributed by atoms with E-state index in [2.05, 4.69) is 5.32 Å². The third-order valence-electron chi connectivity index (χ3n) is 2.94. The van der Waals surface area contributed by atoms with Gasteiger partial charge in [-0.1, -0.05) is 31.2 Å². The Bertz CT molecular complexity index is 560. The van der Waals surface area contributed by atoms with Crippen LogP contribution in [-0.4, -0.2) is 12.3 Å². The van der Waals surface area contributed by atoms with Crippen LogP contribution in [0.3, 0.4) is 0 Å². The summed E-state index contributed by atoms with van der Waals surface area (Å²) in [4.78, 5) is 0.851. The number of hydrogen-bond donors (Lipinski definition) is 1. The van der Waals surface area contributed by atoms with E-state index in [1.165, 1.54) is 30.0 Å². The molecule has 1 nitrogen and oxygen atoms in total. The predicted molar refractivity (Wildman–Crippen MR) is 79.9 cm³/mol. The highest BCUT2D eigenvalue weighted by Gasteiger charge is 2.14. The van der Waals surface area contributed by atoms with Crippen molar-refractivity contribution < 1.29 is 8.78 Å². The largest absolute Gasteiger partial charge is 0.309 e. The summed E-state index contributed by atoms with van der Waals surface area (Å²) in [5.41, 5.74) is 0.651. The standard InChI is InChI=1S/C16H17F2NS/c1-2-19-16(14-8-3-4-9-15(14)18)11-20-13-7-5-6-12(17)10-13/h3-10,16,19H,2,11H2,1H3. The fourth-order valence-electron chi connectivity index (χ4n) is 2.00. The SMILES string of the molecule is CCNC(CSc1cccc(F)c1)c1ccccc1F. The summed E-state index contributed by atoms with van der Waals surface area (Å²) in [6.07, 6.45) is 0. The molecule has 106 valence electrons. The molecule has 2 rings (SSSR count). The minimum Gasteiger partial charge on any atom is -0.309 e. The lowest BCUT2D eigenvalue weighted by Crippen LogP contribution is -2.23. The number of hydrogen-bond acceptors (Lipinski definition) is 2. The van der Waals surface area contributed by atoms with Crippen molar-refractivity contribution in [1.82, 2.24) is 5.32 Å². The zero-order valence-electron chi connectivity index (χ0n) is 11.3. The highest BCUT2D eigenvalue weighted by molar-refractivity contribution is 7.99. The van der Waals surface area contributed by atoms with E-state index in [0.717, 1.165) is 11.4 Å².